The van der Waals surface area contributed by atoms with E-state index < -0.39 is 0 Å². The zero-order chi connectivity index (χ0) is 20.6. The molecule has 0 fully saturated rings. The van der Waals surface area contributed by atoms with Crippen molar-refractivity contribution in [1.29, 1.82) is 0 Å². The Hall–Kier alpha value is -2.70. The molecule has 0 aliphatic heterocycles. The minimum Gasteiger partial charge on any atom is -0.382 e. The van der Waals surface area contributed by atoms with Crippen LogP contribution in [0.15, 0.2) is 48.5 Å². The number of nitrogens with one attached hydrogen (secondary N) is 2. The minimum atomic E-state index is -0.299. The summed E-state index contributed by atoms with van der Waals surface area (Å²) in [7, 11) is 1.57. The maximum Gasteiger partial charge on any atom is 0.255 e. The normalized spacial score (nSPS) is 11.1. The van der Waals surface area contributed by atoms with Crippen LogP contribution in [0.5, 0.6) is 0 Å². The molecule has 0 aliphatic rings. The van der Waals surface area contributed by atoms with Gasteiger partial charge in [0.1, 0.15) is 6.61 Å². The summed E-state index contributed by atoms with van der Waals surface area (Å²) in [5, 5.41) is 5.61. The summed E-state index contributed by atoms with van der Waals surface area (Å²) in [5.74, 6) is -0.536. The van der Waals surface area contributed by atoms with Gasteiger partial charge in [-0.1, -0.05) is 45.0 Å². The van der Waals surface area contributed by atoms with Gasteiger partial charge in [-0.25, -0.2) is 0 Å². The fourth-order valence-electron chi connectivity index (χ4n) is 2.51. The molecule has 0 spiro atoms. The zero-order valence-corrected chi connectivity index (χ0v) is 16.9. The highest BCUT2D eigenvalue weighted by molar-refractivity contribution is 6.07. The van der Waals surface area contributed by atoms with Gasteiger partial charge in [-0.2, -0.15) is 0 Å². The van der Waals surface area contributed by atoms with E-state index in [0.717, 1.165) is 5.56 Å². The average molecular weight is 384 g/mol. The predicted octanol–water partition coefficient (Wildman–Crippen LogP) is 3.84. The van der Waals surface area contributed by atoms with Crippen LogP contribution in [0.4, 0.5) is 11.4 Å². The zero-order valence-electron chi connectivity index (χ0n) is 16.9. The number of hydrogen-bond acceptors (Lipinski definition) is 4. The molecule has 150 valence electrons. The first-order valence-corrected chi connectivity index (χ1v) is 9.18. The van der Waals surface area contributed by atoms with Crippen LogP contribution in [0.1, 0.15) is 36.7 Å². The second kappa shape index (κ2) is 10.0. The molecule has 2 aromatic carbocycles. The summed E-state index contributed by atoms with van der Waals surface area (Å²) >= 11 is 0. The highest BCUT2D eigenvalue weighted by Gasteiger charge is 2.15. The third-order valence-electron chi connectivity index (χ3n) is 4.13. The molecular formula is C22H28N2O4. The molecule has 2 N–H and O–H groups in total. The van der Waals surface area contributed by atoms with E-state index in [1.165, 1.54) is 0 Å². The number of hydrogen-bond donors (Lipinski definition) is 2. The highest BCUT2D eigenvalue weighted by Crippen LogP contribution is 2.24. The Kier molecular flexibility index (Phi) is 7.72. The van der Waals surface area contributed by atoms with Gasteiger partial charge in [-0.3, -0.25) is 9.59 Å². The number of para-hydroxylation sites is 2. The number of anilines is 2. The van der Waals surface area contributed by atoms with Crippen LogP contribution >= 0.6 is 0 Å². The number of rotatable bonds is 8. The summed E-state index contributed by atoms with van der Waals surface area (Å²) in [6, 6.07) is 14.6. The van der Waals surface area contributed by atoms with Crippen LogP contribution < -0.4 is 10.6 Å². The summed E-state index contributed by atoms with van der Waals surface area (Å²) in [4.78, 5) is 24.6. The van der Waals surface area contributed by atoms with Crippen molar-refractivity contribution in [1.82, 2.24) is 0 Å². The van der Waals surface area contributed by atoms with Gasteiger partial charge in [0.25, 0.3) is 5.91 Å². The summed E-state index contributed by atoms with van der Waals surface area (Å²) in [6.07, 6.45) is 0. The van der Waals surface area contributed by atoms with E-state index >= 15 is 0 Å². The monoisotopic (exact) mass is 384 g/mol. The molecule has 0 bridgehead atoms. The van der Waals surface area contributed by atoms with Crippen LogP contribution in [-0.2, 0) is 19.7 Å². The van der Waals surface area contributed by atoms with Crippen LogP contribution in [0.2, 0.25) is 0 Å². The van der Waals surface area contributed by atoms with Gasteiger partial charge in [0.15, 0.2) is 0 Å². The molecule has 0 atom stereocenters. The van der Waals surface area contributed by atoms with Gasteiger partial charge >= 0.3 is 0 Å². The second-order valence-corrected chi connectivity index (χ2v) is 7.42. The van der Waals surface area contributed by atoms with Crippen molar-refractivity contribution in [2.45, 2.75) is 26.2 Å². The minimum absolute atomic E-state index is 0.0250. The summed E-state index contributed by atoms with van der Waals surface area (Å²) in [5.41, 5.74) is 2.78. The fraction of sp³-hybridized carbons (Fsp3) is 0.364. The predicted molar refractivity (Wildman–Crippen MR) is 111 cm³/mol. The quantitative estimate of drug-likeness (QED) is 0.678. The third kappa shape index (κ3) is 6.48. The van der Waals surface area contributed by atoms with Crippen molar-refractivity contribution >= 4 is 23.2 Å². The van der Waals surface area contributed by atoms with E-state index in [1.807, 2.05) is 12.1 Å². The number of amides is 2. The lowest BCUT2D eigenvalue weighted by atomic mass is 9.87. The van der Waals surface area contributed by atoms with Crippen LogP contribution in [-0.4, -0.2) is 38.7 Å². The SMILES string of the molecule is COCCOCC(=O)Nc1ccccc1NC(=O)c1ccc(C(C)(C)C)cc1. The molecule has 0 saturated carbocycles. The van der Waals surface area contributed by atoms with Gasteiger partial charge < -0.3 is 20.1 Å². The standard InChI is InChI=1S/C22H28N2O4/c1-22(2,3)17-11-9-16(10-12-17)21(26)24-19-8-6-5-7-18(19)23-20(25)15-28-14-13-27-4/h5-12H,13-15H2,1-4H3,(H,23,25)(H,24,26). The van der Waals surface area contributed by atoms with E-state index in [0.29, 0.717) is 30.2 Å². The van der Waals surface area contributed by atoms with Crippen LogP contribution in [0.25, 0.3) is 0 Å². The number of carbonyl (C=O) groups excluding carboxylic acids is 2. The molecule has 6 heteroatoms. The molecule has 0 aromatic heterocycles. The Bertz CT molecular complexity index is 795. The largest absolute Gasteiger partial charge is 0.382 e. The maximum absolute atomic E-state index is 12.6. The van der Waals surface area contributed by atoms with E-state index in [2.05, 4.69) is 31.4 Å². The Morgan fingerprint density at radius 1 is 0.893 bits per heavy atom. The Morgan fingerprint density at radius 2 is 1.50 bits per heavy atom. The van der Waals surface area contributed by atoms with Crippen molar-refractivity contribution < 1.29 is 19.1 Å². The average Bonchev–Trinajstić information content (AvgIpc) is 2.66. The molecular weight excluding hydrogens is 356 g/mol. The number of benzene rings is 2. The molecule has 2 rings (SSSR count). The third-order valence-corrected chi connectivity index (χ3v) is 4.13. The molecule has 6 nitrogen and oxygen atoms in total. The Labute approximate surface area is 166 Å². The van der Waals surface area contributed by atoms with Gasteiger partial charge in [-0.15, -0.1) is 0 Å². The number of ether oxygens (including phenoxy) is 2. The van der Waals surface area contributed by atoms with Crippen LogP contribution in [0.3, 0.4) is 0 Å². The van der Waals surface area contributed by atoms with Gasteiger partial charge in [-0.05, 0) is 35.2 Å². The number of carbonyl (C=O) groups is 2. The van der Waals surface area contributed by atoms with Gasteiger partial charge in [0.2, 0.25) is 5.91 Å². The lowest BCUT2D eigenvalue weighted by Crippen LogP contribution is -2.21. The first kappa shape index (κ1) is 21.6. The summed E-state index contributed by atoms with van der Waals surface area (Å²) < 4.78 is 10.1. The molecule has 0 unspecified atom stereocenters. The van der Waals surface area contributed by atoms with E-state index in [-0.39, 0.29) is 23.8 Å². The first-order valence-electron chi connectivity index (χ1n) is 9.18. The van der Waals surface area contributed by atoms with Crippen molar-refractivity contribution in [3.63, 3.8) is 0 Å². The Morgan fingerprint density at radius 3 is 2.07 bits per heavy atom. The van der Waals surface area contributed by atoms with E-state index in [9.17, 15) is 9.59 Å². The lowest BCUT2D eigenvalue weighted by Gasteiger charge is -2.19. The second-order valence-electron chi connectivity index (χ2n) is 7.42. The topological polar surface area (TPSA) is 76.7 Å². The molecule has 2 amide bonds. The molecule has 0 radical (unpaired) electrons. The highest BCUT2D eigenvalue weighted by atomic mass is 16.5. The molecule has 0 heterocycles. The maximum atomic E-state index is 12.6. The lowest BCUT2D eigenvalue weighted by molar-refractivity contribution is -0.121. The van der Waals surface area contributed by atoms with Gasteiger partial charge in [0.05, 0.1) is 24.6 Å². The summed E-state index contributed by atoms with van der Waals surface area (Å²) in [6.45, 7) is 7.06. The fourth-order valence-corrected chi connectivity index (χ4v) is 2.51. The van der Waals surface area contributed by atoms with Crippen molar-refractivity contribution in [3.8, 4) is 0 Å². The van der Waals surface area contributed by atoms with E-state index in [4.69, 9.17) is 9.47 Å². The van der Waals surface area contributed by atoms with Crippen LogP contribution in [0, 0.1) is 0 Å². The van der Waals surface area contributed by atoms with Crippen molar-refractivity contribution in [3.05, 3.63) is 59.7 Å². The van der Waals surface area contributed by atoms with Crippen molar-refractivity contribution in [2.75, 3.05) is 37.6 Å². The molecule has 0 aliphatic carbocycles. The van der Waals surface area contributed by atoms with Gasteiger partial charge in [0, 0.05) is 12.7 Å². The smallest absolute Gasteiger partial charge is 0.255 e. The Balaban J connectivity index is 2.02. The first-order chi connectivity index (χ1) is 13.3. The van der Waals surface area contributed by atoms with E-state index in [1.54, 1.807) is 43.5 Å². The van der Waals surface area contributed by atoms with Crippen molar-refractivity contribution in [2.24, 2.45) is 0 Å². The number of methoxy groups -OCH3 is 1. The molecule has 28 heavy (non-hydrogen) atoms. The molecule has 2 aromatic rings. The molecule has 0 saturated heterocycles.